The number of nitrogens with one attached hydrogen (secondary N) is 2. The molecule has 0 unspecified atom stereocenters. The highest BCUT2D eigenvalue weighted by Gasteiger charge is 2.22. The van der Waals surface area contributed by atoms with Gasteiger partial charge in [-0.15, -0.1) is 0 Å². The van der Waals surface area contributed by atoms with Crippen LogP contribution >= 0.6 is 23.2 Å². The van der Waals surface area contributed by atoms with E-state index < -0.39 is 6.03 Å². The molecule has 4 rings (SSSR count). The van der Waals surface area contributed by atoms with Crippen LogP contribution in [-0.4, -0.2) is 75.5 Å². The summed E-state index contributed by atoms with van der Waals surface area (Å²) >= 11 is 12.8. The van der Waals surface area contributed by atoms with Gasteiger partial charge >= 0.3 is 6.03 Å². The van der Waals surface area contributed by atoms with Crippen LogP contribution in [0, 0.1) is 0 Å². The highest BCUT2D eigenvalue weighted by molar-refractivity contribution is 6.41. The molecule has 1 aromatic heterocycles. The number of anilines is 4. The average molecular weight is 563 g/mol. The zero-order valence-corrected chi connectivity index (χ0v) is 22.9. The standard InChI is InChI=1S/C25H28Cl2N6O5/c1-32-7-9-37-16-6-5-15(11-17(16)38-10-8-32)30-20-13-21(29-14-28-20)33(2)25(34)31-24-22(26)18(35-3)12-19(36-4)23(24)27/h5-6,11-14H,7-10H2,1-4H3,(H,31,34)(H,28,29,30). The molecule has 2 amide bonds. The van der Waals surface area contributed by atoms with Crippen LogP contribution in [0.2, 0.25) is 10.0 Å². The number of carbonyl (C=O) groups excluding carboxylic acids is 1. The van der Waals surface area contributed by atoms with Crippen LogP contribution in [-0.2, 0) is 0 Å². The van der Waals surface area contributed by atoms with Crippen LogP contribution < -0.4 is 34.5 Å². The molecule has 0 saturated carbocycles. The molecule has 3 aromatic rings. The molecule has 0 aliphatic carbocycles. The van der Waals surface area contributed by atoms with E-state index in [9.17, 15) is 4.79 Å². The van der Waals surface area contributed by atoms with Gasteiger partial charge in [-0.3, -0.25) is 9.80 Å². The van der Waals surface area contributed by atoms with Crippen molar-refractivity contribution in [2.45, 2.75) is 0 Å². The third-order valence-corrected chi connectivity index (χ3v) is 6.53. The number of nitrogens with zero attached hydrogens (tertiary/aromatic N) is 4. The SMILES string of the molecule is COc1cc(OC)c(Cl)c(NC(=O)N(C)c2cc(Nc3ccc4c(c3)OCCN(C)CCO4)ncn2)c1Cl. The van der Waals surface area contributed by atoms with E-state index in [2.05, 4.69) is 25.5 Å². The first-order chi connectivity index (χ1) is 18.3. The third kappa shape index (κ3) is 6.24. The molecular formula is C25H28Cl2N6O5. The Morgan fingerprint density at radius 2 is 1.66 bits per heavy atom. The molecule has 0 fully saturated rings. The summed E-state index contributed by atoms with van der Waals surface area (Å²) in [6.45, 7) is 2.73. The molecule has 1 aliphatic rings. The number of ether oxygens (including phenoxy) is 4. The lowest BCUT2D eigenvalue weighted by Crippen LogP contribution is -2.32. The average Bonchev–Trinajstić information content (AvgIpc) is 3.00. The number of amides is 2. The first-order valence-electron chi connectivity index (χ1n) is 11.6. The Bertz CT molecular complexity index is 1280. The normalized spacial score (nSPS) is 13.5. The van der Waals surface area contributed by atoms with E-state index in [4.69, 9.17) is 42.1 Å². The highest BCUT2D eigenvalue weighted by Crippen LogP contribution is 2.44. The first-order valence-corrected chi connectivity index (χ1v) is 12.4. The maximum atomic E-state index is 13.1. The van der Waals surface area contributed by atoms with Gasteiger partial charge in [0.05, 0.1) is 19.9 Å². The summed E-state index contributed by atoms with van der Waals surface area (Å²) in [4.78, 5) is 25.0. The van der Waals surface area contributed by atoms with Crippen LogP contribution in [0.15, 0.2) is 36.7 Å². The maximum Gasteiger partial charge on any atom is 0.327 e. The number of urea groups is 1. The fourth-order valence-electron chi connectivity index (χ4n) is 3.59. The van der Waals surface area contributed by atoms with Crippen molar-refractivity contribution in [1.82, 2.24) is 14.9 Å². The lowest BCUT2D eigenvalue weighted by atomic mass is 10.2. The fraction of sp³-hybridized carbons (Fsp3) is 0.320. The van der Waals surface area contributed by atoms with Gasteiger partial charge in [0.15, 0.2) is 11.5 Å². The number of hydrogen-bond acceptors (Lipinski definition) is 9. The molecule has 0 spiro atoms. The molecule has 13 heteroatoms. The molecule has 38 heavy (non-hydrogen) atoms. The van der Waals surface area contributed by atoms with Crippen molar-refractivity contribution >= 4 is 52.2 Å². The molecule has 2 heterocycles. The van der Waals surface area contributed by atoms with Crippen molar-refractivity contribution in [2.24, 2.45) is 0 Å². The molecule has 0 saturated heterocycles. The van der Waals surface area contributed by atoms with Crippen LogP contribution in [0.3, 0.4) is 0 Å². The number of carbonyl (C=O) groups is 1. The Morgan fingerprint density at radius 1 is 1.00 bits per heavy atom. The van der Waals surface area contributed by atoms with Crippen molar-refractivity contribution in [3.05, 3.63) is 46.7 Å². The third-order valence-electron chi connectivity index (χ3n) is 5.78. The summed E-state index contributed by atoms with van der Waals surface area (Å²) in [7, 11) is 6.48. The number of fused-ring (bicyclic) bond motifs is 1. The zero-order chi connectivity index (χ0) is 27.2. The summed E-state index contributed by atoms with van der Waals surface area (Å²) in [5.74, 6) is 2.71. The topological polar surface area (TPSA) is 110 Å². The number of likely N-dealkylation sites (N-methyl/N-ethyl adjacent to an activating group) is 1. The summed E-state index contributed by atoms with van der Waals surface area (Å²) < 4.78 is 22.3. The number of benzene rings is 2. The van der Waals surface area contributed by atoms with E-state index in [1.807, 2.05) is 25.2 Å². The summed E-state index contributed by atoms with van der Waals surface area (Å²) in [5.41, 5.74) is 0.887. The fourth-order valence-corrected chi connectivity index (χ4v) is 4.18. The first kappa shape index (κ1) is 27.4. The number of hydrogen-bond donors (Lipinski definition) is 2. The van der Waals surface area contributed by atoms with Gasteiger partial charge in [-0.2, -0.15) is 0 Å². The Morgan fingerprint density at radius 3 is 2.32 bits per heavy atom. The predicted octanol–water partition coefficient (Wildman–Crippen LogP) is 4.92. The molecule has 2 N–H and O–H groups in total. The predicted molar refractivity (Wildman–Crippen MR) is 147 cm³/mol. The van der Waals surface area contributed by atoms with Gasteiger partial charge in [0, 0.05) is 44.0 Å². The summed E-state index contributed by atoms with van der Waals surface area (Å²) in [6, 6.07) is 8.18. The molecule has 2 aromatic carbocycles. The van der Waals surface area contributed by atoms with Gasteiger partial charge in [-0.05, 0) is 19.2 Å². The van der Waals surface area contributed by atoms with Gasteiger partial charge in [0.25, 0.3) is 0 Å². The second kappa shape index (κ2) is 12.2. The van der Waals surface area contributed by atoms with Gasteiger partial charge < -0.3 is 29.6 Å². The highest BCUT2D eigenvalue weighted by atomic mass is 35.5. The Kier molecular flexibility index (Phi) is 8.82. The Labute approximate surface area is 230 Å². The molecule has 0 atom stereocenters. The van der Waals surface area contributed by atoms with Crippen LogP contribution in [0.4, 0.5) is 27.8 Å². The van der Waals surface area contributed by atoms with Crippen LogP contribution in [0.5, 0.6) is 23.0 Å². The molecule has 202 valence electrons. The van der Waals surface area contributed by atoms with Crippen molar-refractivity contribution in [3.8, 4) is 23.0 Å². The van der Waals surface area contributed by atoms with E-state index in [0.29, 0.717) is 47.8 Å². The monoisotopic (exact) mass is 562 g/mol. The Hall–Kier alpha value is -3.67. The summed E-state index contributed by atoms with van der Waals surface area (Å²) in [5, 5.41) is 6.19. The van der Waals surface area contributed by atoms with E-state index in [1.165, 1.54) is 31.5 Å². The number of rotatable bonds is 6. The van der Waals surface area contributed by atoms with Crippen molar-refractivity contribution in [1.29, 1.82) is 0 Å². The van der Waals surface area contributed by atoms with Crippen molar-refractivity contribution < 1.29 is 23.7 Å². The lowest BCUT2D eigenvalue weighted by molar-refractivity contribution is 0.228. The summed E-state index contributed by atoms with van der Waals surface area (Å²) in [6.07, 6.45) is 1.35. The second-order valence-corrected chi connectivity index (χ2v) is 9.08. The second-order valence-electron chi connectivity index (χ2n) is 8.32. The van der Waals surface area contributed by atoms with E-state index in [0.717, 1.165) is 18.8 Å². The van der Waals surface area contributed by atoms with Gasteiger partial charge in [0.2, 0.25) is 0 Å². The smallest absolute Gasteiger partial charge is 0.327 e. The molecular weight excluding hydrogens is 535 g/mol. The lowest BCUT2D eigenvalue weighted by Gasteiger charge is -2.20. The molecule has 11 nitrogen and oxygen atoms in total. The largest absolute Gasteiger partial charge is 0.495 e. The van der Waals surface area contributed by atoms with Crippen LogP contribution in [0.1, 0.15) is 0 Å². The van der Waals surface area contributed by atoms with Crippen LogP contribution in [0.25, 0.3) is 0 Å². The quantitative estimate of drug-likeness (QED) is 0.432. The van der Waals surface area contributed by atoms with E-state index in [-0.39, 0.29) is 15.7 Å². The maximum absolute atomic E-state index is 13.1. The van der Waals surface area contributed by atoms with E-state index in [1.54, 1.807) is 13.1 Å². The minimum Gasteiger partial charge on any atom is -0.495 e. The molecule has 0 bridgehead atoms. The minimum absolute atomic E-state index is 0.137. The van der Waals surface area contributed by atoms with Crippen molar-refractivity contribution in [2.75, 3.05) is 70.2 Å². The van der Waals surface area contributed by atoms with Gasteiger partial charge in [0.1, 0.15) is 52.7 Å². The minimum atomic E-state index is -0.540. The van der Waals surface area contributed by atoms with Gasteiger partial charge in [-0.25, -0.2) is 14.8 Å². The Balaban J connectivity index is 1.50. The van der Waals surface area contributed by atoms with Gasteiger partial charge in [-0.1, -0.05) is 23.2 Å². The molecule has 0 radical (unpaired) electrons. The number of methoxy groups -OCH3 is 2. The number of aromatic nitrogens is 2. The molecule has 1 aliphatic heterocycles. The zero-order valence-electron chi connectivity index (χ0n) is 21.4. The number of halogens is 2. The van der Waals surface area contributed by atoms with Crippen molar-refractivity contribution in [3.63, 3.8) is 0 Å². The van der Waals surface area contributed by atoms with E-state index >= 15 is 0 Å².